The maximum absolute atomic E-state index is 12.4. The van der Waals surface area contributed by atoms with E-state index in [2.05, 4.69) is 27.3 Å². The van der Waals surface area contributed by atoms with E-state index < -0.39 is 0 Å². The summed E-state index contributed by atoms with van der Waals surface area (Å²) in [6.07, 6.45) is 1.93. The first-order valence-corrected chi connectivity index (χ1v) is 9.38. The van der Waals surface area contributed by atoms with Gasteiger partial charge >= 0.3 is 5.69 Å². The molecule has 1 fully saturated rings. The molecule has 0 atom stereocenters. The molecule has 0 unspecified atom stereocenters. The van der Waals surface area contributed by atoms with Gasteiger partial charge in [-0.1, -0.05) is 24.3 Å². The monoisotopic (exact) mass is 364 g/mol. The standard InChI is InChI=1S/C21H24N4O2/c1-15(26)22-17-8-6-16(7-9-17)14-24-12-10-18(11-13-24)25-20-5-3-2-4-19(20)23-21(25)27/h2-9,18H,10-14H2,1H3,(H,22,26)(H,23,27). The molecular formula is C21H24N4O2. The summed E-state index contributed by atoms with van der Waals surface area (Å²) >= 11 is 0. The first kappa shape index (κ1) is 17.5. The number of rotatable bonds is 4. The maximum Gasteiger partial charge on any atom is 0.326 e. The van der Waals surface area contributed by atoms with Crippen molar-refractivity contribution in [3.8, 4) is 0 Å². The summed E-state index contributed by atoms with van der Waals surface area (Å²) in [6.45, 7) is 4.32. The first-order valence-electron chi connectivity index (χ1n) is 9.38. The van der Waals surface area contributed by atoms with Crippen LogP contribution in [0.2, 0.25) is 0 Å². The minimum Gasteiger partial charge on any atom is -0.326 e. The number of imidazole rings is 1. The number of piperidine rings is 1. The van der Waals surface area contributed by atoms with Gasteiger partial charge in [-0.05, 0) is 42.7 Å². The van der Waals surface area contributed by atoms with Crippen molar-refractivity contribution in [3.05, 3.63) is 64.6 Å². The van der Waals surface area contributed by atoms with Gasteiger partial charge < -0.3 is 10.3 Å². The molecule has 0 saturated carbocycles. The highest BCUT2D eigenvalue weighted by Crippen LogP contribution is 2.25. The topological polar surface area (TPSA) is 70.1 Å². The molecule has 1 aliphatic rings. The van der Waals surface area contributed by atoms with Crippen molar-refractivity contribution in [3.63, 3.8) is 0 Å². The Bertz CT molecular complexity index is 995. The van der Waals surface area contributed by atoms with Crippen molar-refractivity contribution in [2.24, 2.45) is 0 Å². The molecule has 1 aromatic heterocycles. The van der Waals surface area contributed by atoms with E-state index in [4.69, 9.17) is 0 Å². The van der Waals surface area contributed by atoms with Gasteiger partial charge in [0.05, 0.1) is 11.0 Å². The number of benzene rings is 2. The number of aromatic amines is 1. The van der Waals surface area contributed by atoms with Crippen LogP contribution in [0.4, 0.5) is 5.69 Å². The van der Waals surface area contributed by atoms with Crippen LogP contribution in [0.5, 0.6) is 0 Å². The summed E-state index contributed by atoms with van der Waals surface area (Å²) in [6, 6.07) is 16.1. The number of hydrogen-bond acceptors (Lipinski definition) is 3. The van der Waals surface area contributed by atoms with Gasteiger partial charge in [0.25, 0.3) is 0 Å². The SMILES string of the molecule is CC(=O)Nc1ccc(CN2CCC(n3c(=O)[nH]c4ccccc43)CC2)cc1. The number of likely N-dealkylation sites (tertiary alicyclic amines) is 1. The number of para-hydroxylation sites is 2. The van der Waals surface area contributed by atoms with Crippen molar-refractivity contribution < 1.29 is 4.79 Å². The van der Waals surface area contributed by atoms with Crippen molar-refractivity contribution in [2.75, 3.05) is 18.4 Å². The molecule has 6 nitrogen and oxygen atoms in total. The zero-order chi connectivity index (χ0) is 18.8. The van der Waals surface area contributed by atoms with Gasteiger partial charge in [0.15, 0.2) is 0 Å². The van der Waals surface area contributed by atoms with Crippen LogP contribution in [0.15, 0.2) is 53.3 Å². The molecule has 140 valence electrons. The van der Waals surface area contributed by atoms with Crippen molar-refractivity contribution in [2.45, 2.75) is 32.4 Å². The van der Waals surface area contributed by atoms with Crippen LogP contribution in [-0.2, 0) is 11.3 Å². The Labute approximate surface area is 157 Å². The van der Waals surface area contributed by atoms with Crippen molar-refractivity contribution in [1.29, 1.82) is 0 Å². The minimum absolute atomic E-state index is 0.0109. The molecule has 0 bridgehead atoms. The molecule has 2 heterocycles. The highest BCUT2D eigenvalue weighted by Gasteiger charge is 2.23. The number of carbonyl (C=O) groups is 1. The van der Waals surface area contributed by atoms with Gasteiger partial charge in [0, 0.05) is 38.3 Å². The zero-order valence-corrected chi connectivity index (χ0v) is 15.4. The molecule has 0 aliphatic carbocycles. The van der Waals surface area contributed by atoms with E-state index in [1.807, 2.05) is 41.0 Å². The lowest BCUT2D eigenvalue weighted by Gasteiger charge is -2.32. The van der Waals surface area contributed by atoms with Crippen LogP contribution < -0.4 is 11.0 Å². The molecule has 2 N–H and O–H groups in total. The largest absolute Gasteiger partial charge is 0.326 e. The van der Waals surface area contributed by atoms with Gasteiger partial charge in [-0.15, -0.1) is 0 Å². The maximum atomic E-state index is 12.4. The average Bonchev–Trinajstić information content (AvgIpc) is 2.99. The molecule has 1 aliphatic heterocycles. The van der Waals surface area contributed by atoms with Crippen LogP contribution in [0.25, 0.3) is 11.0 Å². The summed E-state index contributed by atoms with van der Waals surface area (Å²) in [5.41, 5.74) is 3.94. The Kier molecular flexibility index (Phi) is 4.81. The van der Waals surface area contributed by atoms with Gasteiger partial charge in [-0.2, -0.15) is 0 Å². The fraction of sp³-hybridized carbons (Fsp3) is 0.333. The number of nitrogens with one attached hydrogen (secondary N) is 2. The molecule has 2 aromatic carbocycles. The number of H-pyrrole nitrogens is 1. The second-order valence-corrected chi connectivity index (χ2v) is 7.20. The van der Waals surface area contributed by atoms with Crippen LogP contribution in [0.3, 0.4) is 0 Å². The van der Waals surface area contributed by atoms with E-state index in [0.29, 0.717) is 0 Å². The quantitative estimate of drug-likeness (QED) is 0.747. The summed E-state index contributed by atoms with van der Waals surface area (Å²) in [4.78, 5) is 28.9. The second kappa shape index (κ2) is 7.40. The molecule has 1 amide bonds. The molecule has 3 aromatic rings. The lowest BCUT2D eigenvalue weighted by Crippen LogP contribution is -2.36. The van der Waals surface area contributed by atoms with E-state index in [9.17, 15) is 9.59 Å². The number of nitrogens with zero attached hydrogens (tertiary/aromatic N) is 2. The average molecular weight is 364 g/mol. The lowest BCUT2D eigenvalue weighted by molar-refractivity contribution is -0.114. The van der Waals surface area contributed by atoms with Crippen LogP contribution >= 0.6 is 0 Å². The number of fused-ring (bicyclic) bond motifs is 1. The van der Waals surface area contributed by atoms with Crippen molar-refractivity contribution >= 4 is 22.6 Å². The molecule has 0 radical (unpaired) electrons. The third-order valence-corrected chi connectivity index (χ3v) is 5.23. The Morgan fingerprint density at radius 1 is 1.11 bits per heavy atom. The predicted octanol–water partition coefficient (Wildman–Crippen LogP) is 3.13. The third-order valence-electron chi connectivity index (χ3n) is 5.23. The van der Waals surface area contributed by atoms with E-state index in [1.165, 1.54) is 12.5 Å². The minimum atomic E-state index is -0.0580. The Morgan fingerprint density at radius 3 is 2.52 bits per heavy atom. The van der Waals surface area contributed by atoms with Crippen molar-refractivity contribution in [1.82, 2.24) is 14.5 Å². The van der Waals surface area contributed by atoms with Crippen LogP contribution in [-0.4, -0.2) is 33.4 Å². The van der Waals surface area contributed by atoms with Crippen LogP contribution in [0.1, 0.15) is 31.4 Å². The molecule has 0 spiro atoms. The fourth-order valence-corrected chi connectivity index (χ4v) is 3.93. The van der Waals surface area contributed by atoms with Crippen LogP contribution in [0, 0.1) is 0 Å². The number of carbonyl (C=O) groups excluding carboxylic acids is 1. The molecule has 27 heavy (non-hydrogen) atoms. The molecule has 1 saturated heterocycles. The smallest absolute Gasteiger partial charge is 0.326 e. The first-order chi connectivity index (χ1) is 13.1. The molecule has 6 heteroatoms. The summed E-state index contributed by atoms with van der Waals surface area (Å²) < 4.78 is 1.93. The Morgan fingerprint density at radius 2 is 1.81 bits per heavy atom. The molecular weight excluding hydrogens is 340 g/mol. The van der Waals surface area contributed by atoms with E-state index in [-0.39, 0.29) is 17.6 Å². The number of anilines is 1. The van der Waals surface area contributed by atoms with Gasteiger partial charge in [-0.25, -0.2) is 4.79 Å². The van der Waals surface area contributed by atoms with Gasteiger partial charge in [0.2, 0.25) is 5.91 Å². The van der Waals surface area contributed by atoms with E-state index >= 15 is 0 Å². The molecule has 4 rings (SSSR count). The summed E-state index contributed by atoms with van der Waals surface area (Å²) in [7, 11) is 0. The zero-order valence-electron chi connectivity index (χ0n) is 15.4. The number of aromatic nitrogens is 2. The third kappa shape index (κ3) is 3.80. The predicted molar refractivity (Wildman–Crippen MR) is 107 cm³/mol. The van der Waals surface area contributed by atoms with E-state index in [1.54, 1.807) is 0 Å². The Balaban J connectivity index is 1.39. The number of hydrogen-bond donors (Lipinski definition) is 2. The number of amides is 1. The van der Waals surface area contributed by atoms with E-state index in [0.717, 1.165) is 49.2 Å². The second-order valence-electron chi connectivity index (χ2n) is 7.20. The summed E-state index contributed by atoms with van der Waals surface area (Å²) in [5, 5.41) is 2.79. The summed E-state index contributed by atoms with van der Waals surface area (Å²) in [5.74, 6) is -0.0580. The normalized spacial score (nSPS) is 15.9. The highest BCUT2D eigenvalue weighted by atomic mass is 16.1. The lowest BCUT2D eigenvalue weighted by atomic mass is 10.0. The Hall–Kier alpha value is -2.86. The van der Waals surface area contributed by atoms with Gasteiger partial charge in [0.1, 0.15) is 0 Å². The van der Waals surface area contributed by atoms with Gasteiger partial charge in [-0.3, -0.25) is 14.3 Å². The fourth-order valence-electron chi connectivity index (χ4n) is 3.93. The highest BCUT2D eigenvalue weighted by molar-refractivity contribution is 5.88.